The Morgan fingerprint density at radius 3 is 2.63 bits per heavy atom. The Morgan fingerprint density at radius 1 is 1.20 bits per heavy atom. The van der Waals surface area contributed by atoms with E-state index in [2.05, 4.69) is 20.0 Å². The molecule has 0 radical (unpaired) electrons. The fourth-order valence-corrected chi connectivity index (χ4v) is 5.97. The molecule has 1 aliphatic carbocycles. The molecule has 1 atom stereocenters. The first-order chi connectivity index (χ1) is 16.5. The Hall–Kier alpha value is -2.47. The van der Waals surface area contributed by atoms with E-state index in [1.165, 1.54) is 18.8 Å². The summed E-state index contributed by atoms with van der Waals surface area (Å²) in [6.07, 6.45) is 2.29. The number of nitrogens with one attached hydrogen (secondary N) is 3. The number of aryl methyl sites for hydroxylation is 1. The zero-order valence-electron chi connectivity index (χ0n) is 19.5. The summed E-state index contributed by atoms with van der Waals surface area (Å²) < 4.78 is 68.1. The highest BCUT2D eigenvalue weighted by Gasteiger charge is 2.43. The average Bonchev–Trinajstić information content (AvgIpc) is 3.41. The van der Waals surface area contributed by atoms with Gasteiger partial charge in [-0.15, -0.1) is 0 Å². The van der Waals surface area contributed by atoms with E-state index in [0.29, 0.717) is 17.8 Å². The first-order valence-corrected chi connectivity index (χ1v) is 13.6. The van der Waals surface area contributed by atoms with Gasteiger partial charge in [-0.2, -0.15) is 13.2 Å². The number of imidazole rings is 1. The fraction of sp³-hybridized carbons (Fsp3) is 0.609. The van der Waals surface area contributed by atoms with E-state index in [1.807, 2.05) is 6.92 Å². The summed E-state index contributed by atoms with van der Waals surface area (Å²) in [5.74, 6) is 0.195. The molecule has 1 aliphatic heterocycles. The summed E-state index contributed by atoms with van der Waals surface area (Å²) in [6, 6.07) is 2.21. The van der Waals surface area contributed by atoms with Gasteiger partial charge in [-0.3, -0.25) is 9.79 Å². The maximum atomic E-state index is 13.5. The Labute approximate surface area is 202 Å². The minimum atomic E-state index is -4.63. The molecule has 3 N–H and O–H groups in total. The average molecular weight is 514 g/mol. The van der Waals surface area contributed by atoms with Crippen molar-refractivity contribution in [1.82, 2.24) is 20.0 Å². The topological polar surface area (TPSA) is 116 Å². The van der Waals surface area contributed by atoms with Gasteiger partial charge in [0.15, 0.2) is 0 Å². The molecule has 0 bridgehead atoms. The number of rotatable bonds is 9. The summed E-state index contributed by atoms with van der Waals surface area (Å²) >= 11 is 0. The van der Waals surface area contributed by atoms with Gasteiger partial charge in [0.2, 0.25) is 10.0 Å². The van der Waals surface area contributed by atoms with Crippen molar-refractivity contribution in [3.05, 3.63) is 29.6 Å². The second-order valence-electron chi connectivity index (χ2n) is 9.31. The molecule has 8 nitrogen and oxygen atoms in total. The number of hydrogen-bond acceptors (Lipinski definition) is 5. The number of aromatic nitrogens is 2. The molecule has 1 saturated carbocycles. The predicted molar refractivity (Wildman–Crippen MR) is 126 cm³/mol. The van der Waals surface area contributed by atoms with Gasteiger partial charge in [0.25, 0.3) is 5.91 Å². The van der Waals surface area contributed by atoms with Crippen LogP contribution < -0.4 is 10.0 Å². The van der Waals surface area contributed by atoms with Crippen molar-refractivity contribution in [2.75, 3.05) is 12.3 Å². The van der Waals surface area contributed by atoms with Gasteiger partial charge in [0.05, 0.1) is 28.7 Å². The quantitative estimate of drug-likeness (QED) is 0.474. The van der Waals surface area contributed by atoms with Crippen molar-refractivity contribution < 1.29 is 26.4 Å². The maximum absolute atomic E-state index is 13.5. The number of aromatic amines is 1. The zero-order chi connectivity index (χ0) is 25.3. The highest BCUT2D eigenvalue weighted by atomic mass is 32.2. The smallest absolute Gasteiger partial charge is 0.345 e. The summed E-state index contributed by atoms with van der Waals surface area (Å²) in [7, 11) is -3.88. The monoisotopic (exact) mass is 513 g/mol. The first-order valence-electron chi connectivity index (χ1n) is 11.9. The Morgan fingerprint density at radius 2 is 1.94 bits per heavy atom. The molecule has 1 amide bonds. The van der Waals surface area contributed by atoms with E-state index in [4.69, 9.17) is 4.99 Å². The van der Waals surface area contributed by atoms with Crippen LogP contribution in [0.2, 0.25) is 0 Å². The second-order valence-corrected chi connectivity index (χ2v) is 11.2. The van der Waals surface area contributed by atoms with E-state index in [1.54, 1.807) is 0 Å². The molecule has 4 rings (SSSR count). The molecule has 0 saturated heterocycles. The van der Waals surface area contributed by atoms with Crippen molar-refractivity contribution in [2.24, 2.45) is 10.9 Å². The van der Waals surface area contributed by atoms with E-state index >= 15 is 0 Å². The number of carbonyl (C=O) groups excluding carboxylic acids is 1. The van der Waals surface area contributed by atoms with Crippen molar-refractivity contribution in [3.8, 4) is 0 Å². The Balaban J connectivity index is 1.39. The van der Waals surface area contributed by atoms with Crippen molar-refractivity contribution in [1.29, 1.82) is 0 Å². The van der Waals surface area contributed by atoms with Crippen LogP contribution >= 0.6 is 0 Å². The van der Waals surface area contributed by atoms with Crippen LogP contribution in [-0.4, -0.2) is 48.0 Å². The van der Waals surface area contributed by atoms with Crippen LogP contribution in [0.15, 0.2) is 23.5 Å². The van der Waals surface area contributed by atoms with Gasteiger partial charge in [0, 0.05) is 12.5 Å². The minimum absolute atomic E-state index is 0.0310. The highest BCUT2D eigenvalue weighted by molar-refractivity contribution is 7.89. The van der Waals surface area contributed by atoms with Crippen LogP contribution in [-0.2, 0) is 27.4 Å². The second kappa shape index (κ2) is 9.88. The number of amides is 1. The molecular weight excluding hydrogens is 483 g/mol. The number of hydrogen-bond donors (Lipinski definition) is 3. The van der Waals surface area contributed by atoms with Gasteiger partial charge in [0.1, 0.15) is 11.4 Å². The highest BCUT2D eigenvalue weighted by Crippen LogP contribution is 2.35. The molecular formula is C23H30F3N5O3S. The number of benzene rings is 1. The summed E-state index contributed by atoms with van der Waals surface area (Å²) in [5.41, 5.74) is -1.48. The first kappa shape index (κ1) is 25.6. The lowest BCUT2D eigenvalue weighted by atomic mass is 9.88. The lowest BCUT2D eigenvalue weighted by Gasteiger charge is -2.22. The number of nitrogens with zero attached hydrogens (tertiary/aromatic N) is 2. The molecule has 1 aromatic carbocycles. The third-order valence-corrected chi connectivity index (χ3v) is 8.41. The molecule has 35 heavy (non-hydrogen) atoms. The third-order valence-electron chi connectivity index (χ3n) is 7.03. The van der Waals surface area contributed by atoms with Crippen LogP contribution in [0.1, 0.15) is 63.0 Å². The van der Waals surface area contributed by atoms with E-state index in [0.717, 1.165) is 31.7 Å². The number of H-pyrrole nitrogens is 1. The minimum Gasteiger partial charge on any atom is -0.345 e. The van der Waals surface area contributed by atoms with Crippen molar-refractivity contribution in [3.63, 3.8) is 0 Å². The number of carbonyl (C=O) groups is 1. The normalized spacial score (nSPS) is 21.9. The van der Waals surface area contributed by atoms with Gasteiger partial charge in [-0.25, -0.2) is 18.1 Å². The van der Waals surface area contributed by atoms with Crippen LogP contribution in [0, 0.1) is 5.92 Å². The van der Waals surface area contributed by atoms with Gasteiger partial charge >= 0.3 is 6.18 Å². The zero-order valence-corrected chi connectivity index (χ0v) is 20.4. The predicted octanol–water partition coefficient (Wildman–Crippen LogP) is 3.69. The number of sulfonamides is 1. The van der Waals surface area contributed by atoms with E-state index < -0.39 is 33.1 Å². The SMILES string of the molecule is CCC1(CCNS(=O)(=O)CCc2cc3[nH]cnc3cc2C(F)(F)F)N=C(C2CCCCC2)NC1=O. The van der Waals surface area contributed by atoms with E-state index in [-0.39, 0.29) is 42.3 Å². The number of aliphatic imine (C=N–C) groups is 1. The summed E-state index contributed by atoms with van der Waals surface area (Å²) in [4.78, 5) is 24.0. The van der Waals surface area contributed by atoms with Gasteiger partial charge in [-0.1, -0.05) is 26.2 Å². The van der Waals surface area contributed by atoms with Crippen LogP contribution in [0.4, 0.5) is 13.2 Å². The van der Waals surface area contributed by atoms with Crippen LogP contribution in [0.25, 0.3) is 11.0 Å². The largest absolute Gasteiger partial charge is 0.416 e. The number of alkyl halides is 3. The summed E-state index contributed by atoms with van der Waals surface area (Å²) in [5, 5.41) is 2.91. The maximum Gasteiger partial charge on any atom is 0.416 e. The fourth-order valence-electron chi connectivity index (χ4n) is 4.92. The van der Waals surface area contributed by atoms with Gasteiger partial charge < -0.3 is 10.3 Å². The Bertz CT molecular complexity index is 1220. The van der Waals surface area contributed by atoms with Gasteiger partial charge in [-0.05, 0) is 49.8 Å². The van der Waals surface area contributed by atoms with E-state index in [9.17, 15) is 26.4 Å². The number of fused-ring (bicyclic) bond motifs is 1. The third kappa shape index (κ3) is 5.69. The molecule has 1 unspecified atom stereocenters. The molecule has 192 valence electrons. The lowest BCUT2D eigenvalue weighted by molar-refractivity contribution is -0.138. The molecule has 2 aromatic rings. The molecule has 1 aromatic heterocycles. The van der Waals surface area contributed by atoms with Crippen LogP contribution in [0.5, 0.6) is 0 Å². The molecule has 2 heterocycles. The molecule has 1 fully saturated rings. The Kier molecular flexibility index (Phi) is 7.23. The molecule has 2 aliphatic rings. The molecule has 0 spiro atoms. The lowest BCUT2D eigenvalue weighted by Crippen LogP contribution is -2.43. The standard InChI is InChI=1S/C23H30F3N5O3S/c1-2-22(21(32)30-20(31-22)15-6-4-3-5-7-15)9-10-29-35(33,34)11-8-16-12-18-19(28-14-27-18)13-17(16)23(24,25)26/h12-15,29H,2-11H2,1H3,(H,27,28)(H,30,31,32). The number of halogens is 3. The van der Waals surface area contributed by atoms with Crippen molar-refractivity contribution >= 4 is 32.8 Å². The molecule has 12 heteroatoms. The van der Waals surface area contributed by atoms with Crippen LogP contribution in [0.3, 0.4) is 0 Å². The van der Waals surface area contributed by atoms with Crippen molar-refractivity contribution in [2.45, 2.75) is 70.0 Å². The summed E-state index contributed by atoms with van der Waals surface area (Å²) in [6.45, 7) is 1.81. The number of amidine groups is 1.